The molecular weight excluding hydrogens is 236 g/mol. The minimum atomic E-state index is -0.542. The molecule has 0 amide bonds. The Balaban J connectivity index is 2.23. The Kier molecular flexibility index (Phi) is 2.86. The zero-order valence-electron chi connectivity index (χ0n) is 11.6. The van der Waals surface area contributed by atoms with E-state index < -0.39 is 11.4 Å². The Morgan fingerprint density at radius 3 is 1.44 bits per heavy atom. The molecule has 0 atom stereocenters. The summed E-state index contributed by atoms with van der Waals surface area (Å²) in [5, 5.41) is 11.6. The molecule has 0 bridgehead atoms. The number of hydrogen-bond donors (Lipinski definition) is 2. The second-order valence-corrected chi connectivity index (χ2v) is 5.37. The second-order valence-electron chi connectivity index (χ2n) is 5.37. The van der Waals surface area contributed by atoms with Gasteiger partial charge in [-0.15, -0.1) is 0 Å². The number of amidine groups is 2. The second kappa shape index (κ2) is 3.99. The third kappa shape index (κ3) is 2.49. The third-order valence-corrected chi connectivity index (χ3v) is 2.43. The van der Waals surface area contributed by atoms with E-state index in [2.05, 4.69) is 21.2 Å². The molecule has 0 fully saturated rings. The SMILES string of the molecule is CN1NC(C)(C)ON=C1C1=NOC(C)(C)NN1C. The number of hydrazine groups is 2. The van der Waals surface area contributed by atoms with Crippen LogP contribution in [0.25, 0.3) is 0 Å². The van der Waals surface area contributed by atoms with E-state index >= 15 is 0 Å². The fraction of sp³-hybridized carbons (Fsp3) is 0.800. The van der Waals surface area contributed by atoms with Gasteiger partial charge in [-0.1, -0.05) is 10.3 Å². The minimum Gasteiger partial charge on any atom is -0.370 e. The molecule has 2 aliphatic rings. The molecule has 0 radical (unpaired) electrons. The van der Waals surface area contributed by atoms with Crippen LogP contribution in [0.3, 0.4) is 0 Å². The molecule has 0 saturated heterocycles. The molecule has 2 aliphatic heterocycles. The van der Waals surface area contributed by atoms with Gasteiger partial charge in [0.1, 0.15) is 0 Å². The third-order valence-electron chi connectivity index (χ3n) is 2.43. The highest BCUT2D eigenvalue weighted by Crippen LogP contribution is 2.16. The lowest BCUT2D eigenvalue weighted by molar-refractivity contribution is -0.0984. The fourth-order valence-corrected chi connectivity index (χ4v) is 1.77. The maximum Gasteiger partial charge on any atom is 0.230 e. The van der Waals surface area contributed by atoms with Gasteiger partial charge in [0, 0.05) is 14.1 Å². The van der Waals surface area contributed by atoms with Crippen molar-refractivity contribution in [3.8, 4) is 0 Å². The smallest absolute Gasteiger partial charge is 0.230 e. The zero-order valence-corrected chi connectivity index (χ0v) is 11.6. The number of nitrogens with zero attached hydrogens (tertiary/aromatic N) is 4. The van der Waals surface area contributed by atoms with Crippen LogP contribution in [0, 0.1) is 0 Å². The first-order valence-corrected chi connectivity index (χ1v) is 5.76. The first-order valence-electron chi connectivity index (χ1n) is 5.76. The Morgan fingerprint density at radius 2 is 1.17 bits per heavy atom. The minimum absolute atomic E-state index is 0.542. The number of rotatable bonds is 1. The molecule has 0 saturated carbocycles. The molecule has 8 nitrogen and oxygen atoms in total. The molecule has 0 aromatic heterocycles. The van der Waals surface area contributed by atoms with Gasteiger partial charge in [0.15, 0.2) is 11.4 Å². The number of likely N-dealkylation sites (N-methyl/N-ethyl adjacent to an activating group) is 2. The highest BCUT2D eigenvalue weighted by atomic mass is 16.7. The van der Waals surface area contributed by atoms with Crippen molar-refractivity contribution in [1.29, 1.82) is 0 Å². The molecule has 0 spiro atoms. The lowest BCUT2D eigenvalue weighted by Crippen LogP contribution is -2.64. The number of nitrogens with one attached hydrogen (secondary N) is 2. The highest BCUT2D eigenvalue weighted by Gasteiger charge is 2.36. The number of oxime groups is 2. The van der Waals surface area contributed by atoms with E-state index in [1.165, 1.54) is 0 Å². The molecule has 0 unspecified atom stereocenters. The molecule has 102 valence electrons. The average Bonchev–Trinajstić information content (AvgIpc) is 2.17. The Hall–Kier alpha value is -1.54. The summed E-state index contributed by atoms with van der Waals surface area (Å²) in [6.45, 7) is 7.53. The zero-order chi connectivity index (χ0) is 13.6. The van der Waals surface area contributed by atoms with E-state index in [1.54, 1.807) is 10.0 Å². The van der Waals surface area contributed by atoms with E-state index in [9.17, 15) is 0 Å². The van der Waals surface area contributed by atoms with E-state index in [0.717, 1.165) is 0 Å². The summed E-state index contributed by atoms with van der Waals surface area (Å²) >= 11 is 0. The van der Waals surface area contributed by atoms with E-state index in [1.807, 2.05) is 41.8 Å². The van der Waals surface area contributed by atoms with Crippen molar-refractivity contribution in [3.63, 3.8) is 0 Å². The van der Waals surface area contributed by atoms with Crippen molar-refractivity contribution in [2.45, 2.75) is 39.1 Å². The first kappa shape index (κ1) is 12.9. The van der Waals surface area contributed by atoms with E-state index in [-0.39, 0.29) is 0 Å². The van der Waals surface area contributed by atoms with Crippen LogP contribution in [0.4, 0.5) is 0 Å². The van der Waals surface area contributed by atoms with Gasteiger partial charge in [-0.2, -0.15) is 10.9 Å². The Morgan fingerprint density at radius 1 is 0.833 bits per heavy atom. The van der Waals surface area contributed by atoms with Gasteiger partial charge in [0.05, 0.1) is 0 Å². The van der Waals surface area contributed by atoms with Crippen LogP contribution in [0.5, 0.6) is 0 Å². The Labute approximate surface area is 106 Å². The lowest BCUT2D eigenvalue weighted by atomic mass is 10.3. The van der Waals surface area contributed by atoms with Crippen LogP contribution in [0.15, 0.2) is 10.3 Å². The van der Waals surface area contributed by atoms with Gasteiger partial charge in [-0.05, 0) is 27.7 Å². The molecule has 8 heteroatoms. The number of hydrogen-bond acceptors (Lipinski definition) is 8. The molecular formula is C10H20N6O2. The van der Waals surface area contributed by atoms with Gasteiger partial charge < -0.3 is 9.68 Å². The molecule has 2 rings (SSSR count). The van der Waals surface area contributed by atoms with E-state index in [4.69, 9.17) is 9.68 Å². The molecule has 0 aromatic rings. The summed E-state index contributed by atoms with van der Waals surface area (Å²) in [6, 6.07) is 0. The average molecular weight is 256 g/mol. The summed E-state index contributed by atoms with van der Waals surface area (Å²) in [5.74, 6) is 1.08. The molecule has 2 heterocycles. The van der Waals surface area contributed by atoms with Gasteiger partial charge in [0.25, 0.3) is 0 Å². The molecule has 2 N–H and O–H groups in total. The standard InChI is InChI=1S/C10H20N6O2/c1-9(2)13-15(5)7(11-17-9)8-12-18-10(3,4)14-16(8)6/h13-14H,1-6H3. The summed E-state index contributed by atoms with van der Waals surface area (Å²) in [7, 11) is 3.69. The largest absolute Gasteiger partial charge is 0.370 e. The van der Waals surface area contributed by atoms with Crippen LogP contribution in [0.1, 0.15) is 27.7 Å². The summed E-state index contributed by atoms with van der Waals surface area (Å²) in [6.07, 6.45) is 0. The topological polar surface area (TPSA) is 73.7 Å². The normalized spacial score (nSPS) is 25.9. The van der Waals surface area contributed by atoms with Gasteiger partial charge >= 0.3 is 0 Å². The summed E-state index contributed by atoms with van der Waals surface area (Å²) in [4.78, 5) is 10.7. The van der Waals surface area contributed by atoms with Crippen molar-refractivity contribution in [2.75, 3.05) is 14.1 Å². The first-order chi connectivity index (χ1) is 8.20. The monoisotopic (exact) mass is 256 g/mol. The van der Waals surface area contributed by atoms with Crippen LogP contribution in [-0.4, -0.2) is 47.2 Å². The van der Waals surface area contributed by atoms with Gasteiger partial charge in [-0.25, -0.2) is 0 Å². The van der Waals surface area contributed by atoms with Crippen molar-refractivity contribution >= 4 is 11.7 Å². The quantitative estimate of drug-likeness (QED) is 0.689. The Bertz CT molecular complexity index is 365. The van der Waals surface area contributed by atoms with Crippen molar-refractivity contribution in [1.82, 2.24) is 20.9 Å². The fourth-order valence-electron chi connectivity index (χ4n) is 1.77. The molecule has 0 aliphatic carbocycles. The lowest BCUT2D eigenvalue weighted by Gasteiger charge is -2.40. The van der Waals surface area contributed by atoms with Crippen LogP contribution < -0.4 is 10.9 Å². The molecule has 18 heavy (non-hydrogen) atoms. The van der Waals surface area contributed by atoms with Gasteiger partial charge in [0.2, 0.25) is 11.7 Å². The van der Waals surface area contributed by atoms with Crippen molar-refractivity contribution in [3.05, 3.63) is 0 Å². The maximum atomic E-state index is 5.35. The van der Waals surface area contributed by atoms with Crippen molar-refractivity contribution in [2.24, 2.45) is 10.3 Å². The van der Waals surface area contributed by atoms with Crippen LogP contribution in [0.2, 0.25) is 0 Å². The van der Waals surface area contributed by atoms with Crippen LogP contribution in [-0.2, 0) is 9.68 Å². The highest BCUT2D eigenvalue weighted by molar-refractivity contribution is 6.39. The predicted molar refractivity (Wildman–Crippen MR) is 67.0 cm³/mol. The molecule has 0 aromatic carbocycles. The summed E-state index contributed by atoms with van der Waals surface area (Å²) < 4.78 is 0. The summed E-state index contributed by atoms with van der Waals surface area (Å²) in [5.41, 5.74) is 5.18. The maximum absolute atomic E-state index is 5.35. The van der Waals surface area contributed by atoms with Crippen molar-refractivity contribution < 1.29 is 9.68 Å². The van der Waals surface area contributed by atoms with E-state index in [0.29, 0.717) is 11.7 Å². The predicted octanol–water partition coefficient (Wildman–Crippen LogP) is 0.0188. The van der Waals surface area contributed by atoms with Crippen LogP contribution >= 0.6 is 0 Å². The van der Waals surface area contributed by atoms with Gasteiger partial charge in [-0.3, -0.25) is 10.0 Å².